The average Bonchev–Trinajstić information content (AvgIpc) is 1.87. The Balaban J connectivity index is 2.67. The summed E-state index contributed by atoms with van der Waals surface area (Å²) in [6.07, 6.45) is 0. The van der Waals surface area contributed by atoms with Crippen molar-refractivity contribution in [2.45, 2.75) is 0 Å². The van der Waals surface area contributed by atoms with Crippen molar-refractivity contribution >= 4 is 11.9 Å². The summed E-state index contributed by atoms with van der Waals surface area (Å²) in [4.78, 5) is 13.3. The minimum absolute atomic E-state index is 0.00579. The molecule has 4 nitrogen and oxygen atoms in total. The molecule has 0 fully saturated rings. The zero-order valence-corrected chi connectivity index (χ0v) is 3.55. The molecule has 0 bridgehead atoms. The third-order valence-corrected chi connectivity index (χ3v) is 0.578. The molecule has 0 saturated carbocycles. The Bertz CT molecular complexity index is 129. The van der Waals surface area contributed by atoms with E-state index in [1.165, 1.54) is 0 Å². The van der Waals surface area contributed by atoms with Gasteiger partial charge in [-0.1, -0.05) is 0 Å². The second-order valence-corrected chi connectivity index (χ2v) is 1.13. The number of rotatable bonds is 0. The molecular weight excluding hydrogens is 96.0 g/mol. The molecule has 0 atom stereocenters. The van der Waals surface area contributed by atoms with E-state index in [4.69, 9.17) is 5.73 Å². The van der Waals surface area contributed by atoms with Crippen molar-refractivity contribution in [2.75, 3.05) is 6.61 Å². The van der Waals surface area contributed by atoms with Gasteiger partial charge in [0.15, 0.2) is 6.61 Å². The lowest BCUT2D eigenvalue weighted by atomic mass is 10.7. The molecule has 0 saturated heterocycles. The van der Waals surface area contributed by atoms with Crippen LogP contribution in [0.25, 0.3) is 0 Å². The Kier molecular flexibility index (Phi) is 0.714. The van der Waals surface area contributed by atoms with Crippen LogP contribution in [0.5, 0.6) is 0 Å². The van der Waals surface area contributed by atoms with E-state index in [0.29, 0.717) is 0 Å². The fourth-order valence-electron chi connectivity index (χ4n) is 0.323. The third kappa shape index (κ3) is 0.677. The Morgan fingerprint density at radius 1 is 1.86 bits per heavy atom. The molecule has 7 heavy (non-hydrogen) atoms. The lowest BCUT2D eigenvalue weighted by molar-refractivity contribution is -0.118. The van der Waals surface area contributed by atoms with E-state index in [9.17, 15) is 4.79 Å². The van der Waals surface area contributed by atoms with Crippen LogP contribution in [0.2, 0.25) is 0 Å². The van der Waals surface area contributed by atoms with Crippen molar-refractivity contribution in [1.82, 2.24) is 0 Å². The smallest absolute Gasteiger partial charge is 0.290 e. The molecule has 0 aromatic rings. The average molecular weight is 100 g/mol. The highest BCUT2D eigenvalue weighted by molar-refractivity contribution is 5.95. The first-order valence-corrected chi connectivity index (χ1v) is 1.79. The normalized spacial score (nSPS) is 18.9. The summed E-state index contributed by atoms with van der Waals surface area (Å²) in [6.45, 7) is 0.00579. The van der Waals surface area contributed by atoms with Gasteiger partial charge < -0.3 is 10.5 Å². The number of hydrogen-bond donors (Lipinski definition) is 1. The zero-order chi connectivity index (χ0) is 5.28. The van der Waals surface area contributed by atoms with Crippen molar-refractivity contribution in [3.63, 3.8) is 0 Å². The van der Waals surface area contributed by atoms with Crippen LogP contribution in [0.3, 0.4) is 0 Å². The van der Waals surface area contributed by atoms with Crippen molar-refractivity contribution in [3.8, 4) is 0 Å². The first-order chi connectivity index (χ1) is 3.29. The van der Waals surface area contributed by atoms with Crippen molar-refractivity contribution in [1.29, 1.82) is 0 Å². The fourth-order valence-corrected chi connectivity index (χ4v) is 0.323. The minimum atomic E-state index is -0.308. The van der Waals surface area contributed by atoms with E-state index in [-0.39, 0.29) is 18.5 Å². The Morgan fingerprint density at radius 3 is 2.71 bits per heavy atom. The van der Waals surface area contributed by atoms with Gasteiger partial charge >= 0.3 is 0 Å². The van der Waals surface area contributed by atoms with E-state index in [1.807, 2.05) is 0 Å². The molecule has 0 aromatic carbocycles. The molecule has 0 aliphatic carbocycles. The van der Waals surface area contributed by atoms with Gasteiger partial charge in [0.25, 0.3) is 11.9 Å². The van der Waals surface area contributed by atoms with E-state index in [2.05, 4.69) is 9.73 Å². The summed E-state index contributed by atoms with van der Waals surface area (Å²) in [7, 11) is 0. The molecule has 2 N–H and O–H groups in total. The van der Waals surface area contributed by atoms with Crippen LogP contribution in [0.1, 0.15) is 0 Å². The summed E-state index contributed by atoms with van der Waals surface area (Å²) in [6, 6.07) is -0.0231. The molecule has 1 aliphatic rings. The van der Waals surface area contributed by atoms with E-state index >= 15 is 0 Å². The van der Waals surface area contributed by atoms with E-state index in [0.717, 1.165) is 0 Å². The Hall–Kier alpha value is -1.06. The van der Waals surface area contributed by atoms with Crippen LogP contribution < -0.4 is 5.73 Å². The van der Waals surface area contributed by atoms with Gasteiger partial charge in [-0.05, 0) is 0 Å². The van der Waals surface area contributed by atoms with Gasteiger partial charge in [0.1, 0.15) is 0 Å². The van der Waals surface area contributed by atoms with Crippen LogP contribution in [0.4, 0.5) is 0 Å². The van der Waals surface area contributed by atoms with Gasteiger partial charge in [-0.15, -0.1) is 0 Å². The zero-order valence-electron chi connectivity index (χ0n) is 3.55. The highest BCUT2D eigenvalue weighted by atomic mass is 16.5. The minimum Gasteiger partial charge on any atom is -0.455 e. The van der Waals surface area contributed by atoms with Gasteiger partial charge in [0.05, 0.1) is 0 Å². The number of carbonyl (C=O) groups excluding carboxylic acids is 1. The number of carbonyl (C=O) groups is 1. The third-order valence-electron chi connectivity index (χ3n) is 0.578. The molecule has 1 aliphatic heterocycles. The lowest BCUT2D eigenvalue weighted by Crippen LogP contribution is -2.10. The first kappa shape index (κ1) is 4.11. The number of nitrogens with zero attached hydrogens (tertiary/aromatic N) is 1. The maximum absolute atomic E-state index is 10.1. The molecule has 1 heterocycles. The maximum atomic E-state index is 10.1. The number of ether oxygens (including phenoxy) is 1. The monoisotopic (exact) mass is 100 g/mol. The molecule has 38 valence electrons. The summed E-state index contributed by atoms with van der Waals surface area (Å²) in [5.41, 5.74) is 4.93. The van der Waals surface area contributed by atoms with Crippen molar-refractivity contribution < 1.29 is 9.53 Å². The van der Waals surface area contributed by atoms with Crippen LogP contribution in [0.15, 0.2) is 4.99 Å². The largest absolute Gasteiger partial charge is 0.455 e. The topological polar surface area (TPSA) is 64.7 Å². The maximum Gasteiger partial charge on any atom is 0.290 e. The van der Waals surface area contributed by atoms with Gasteiger partial charge in [-0.25, -0.2) is 0 Å². The van der Waals surface area contributed by atoms with E-state index in [1.54, 1.807) is 0 Å². The van der Waals surface area contributed by atoms with Gasteiger partial charge in [0.2, 0.25) is 0 Å². The highest BCUT2D eigenvalue weighted by Gasteiger charge is 2.09. The molecule has 0 unspecified atom stereocenters. The summed E-state index contributed by atoms with van der Waals surface area (Å²) in [5, 5.41) is 0. The predicted octanol–water partition coefficient (Wildman–Crippen LogP) is -1.14. The fraction of sp³-hybridized carbons (Fsp3) is 0.333. The molecule has 1 rings (SSSR count). The quantitative estimate of drug-likeness (QED) is 0.418. The van der Waals surface area contributed by atoms with Gasteiger partial charge in [-0.3, -0.25) is 4.79 Å². The summed E-state index contributed by atoms with van der Waals surface area (Å²) in [5.74, 6) is -0.308. The standard InChI is InChI=1S/C3H4N2O2/c4-3-5-2(6)1-7-3/h1H2,(H2,4,5,6). The number of hydrogen-bond acceptors (Lipinski definition) is 3. The summed E-state index contributed by atoms with van der Waals surface area (Å²) < 4.78 is 4.44. The number of amidine groups is 1. The Labute approximate surface area is 40.0 Å². The molecule has 4 heteroatoms. The van der Waals surface area contributed by atoms with E-state index < -0.39 is 0 Å². The molecular formula is C3H4N2O2. The number of amides is 1. The van der Waals surface area contributed by atoms with Crippen LogP contribution in [0, 0.1) is 0 Å². The first-order valence-electron chi connectivity index (χ1n) is 1.79. The van der Waals surface area contributed by atoms with Crippen molar-refractivity contribution in [2.24, 2.45) is 10.7 Å². The number of nitrogens with two attached hydrogens (primary N) is 1. The Morgan fingerprint density at radius 2 is 2.57 bits per heavy atom. The summed E-state index contributed by atoms with van der Waals surface area (Å²) >= 11 is 0. The molecule has 1 amide bonds. The number of aliphatic imine (C=N–C) groups is 1. The molecule has 0 aromatic heterocycles. The SMILES string of the molecule is NC1=NC(=O)CO1. The molecule has 0 radical (unpaired) electrons. The lowest BCUT2D eigenvalue weighted by Gasteiger charge is -1.84. The molecule has 0 spiro atoms. The van der Waals surface area contributed by atoms with Crippen LogP contribution in [-0.4, -0.2) is 18.5 Å². The van der Waals surface area contributed by atoms with Gasteiger partial charge in [-0.2, -0.15) is 4.99 Å². The predicted molar refractivity (Wildman–Crippen MR) is 22.6 cm³/mol. The second kappa shape index (κ2) is 1.22. The van der Waals surface area contributed by atoms with Gasteiger partial charge in [0, 0.05) is 0 Å². The van der Waals surface area contributed by atoms with Crippen LogP contribution >= 0.6 is 0 Å². The van der Waals surface area contributed by atoms with Crippen molar-refractivity contribution in [3.05, 3.63) is 0 Å². The van der Waals surface area contributed by atoms with Crippen LogP contribution in [-0.2, 0) is 9.53 Å². The second-order valence-electron chi connectivity index (χ2n) is 1.13. The highest BCUT2D eigenvalue weighted by Crippen LogP contribution is 1.88.